The van der Waals surface area contributed by atoms with Crippen LogP contribution in [0.5, 0.6) is 0 Å². The minimum absolute atomic E-state index is 0.137. The predicted octanol–water partition coefficient (Wildman–Crippen LogP) is 1.90. The van der Waals surface area contributed by atoms with E-state index >= 15 is 0 Å². The molecule has 1 saturated heterocycles. The molecule has 2 N–H and O–H groups in total. The molecule has 0 aromatic heterocycles. The molecule has 0 saturated carbocycles. The summed E-state index contributed by atoms with van der Waals surface area (Å²) in [6.45, 7) is 1.33. The van der Waals surface area contributed by atoms with Gasteiger partial charge in [-0.25, -0.2) is 0 Å². The van der Waals surface area contributed by atoms with Crippen LogP contribution < -0.4 is 10.2 Å². The van der Waals surface area contributed by atoms with Crippen molar-refractivity contribution in [3.8, 4) is 0 Å². The molecule has 0 spiro atoms. The first kappa shape index (κ1) is 16.0. The summed E-state index contributed by atoms with van der Waals surface area (Å²) in [4.78, 5) is 23.0. The van der Waals surface area contributed by atoms with Crippen molar-refractivity contribution in [3.05, 3.63) is 32.4 Å². The summed E-state index contributed by atoms with van der Waals surface area (Å²) >= 11 is 0. The average Bonchev–Trinajstić information content (AvgIpc) is 2.52. The quantitative estimate of drug-likeness (QED) is 0.607. The summed E-state index contributed by atoms with van der Waals surface area (Å²) in [5.41, 5.74) is -0.0509. The fourth-order valence-electron chi connectivity index (χ4n) is 2.58. The first-order chi connectivity index (χ1) is 10.5. The molecule has 1 aromatic carbocycles. The second kappa shape index (κ2) is 7.03. The zero-order chi connectivity index (χ0) is 16.1. The van der Waals surface area contributed by atoms with E-state index in [0.29, 0.717) is 18.8 Å². The van der Waals surface area contributed by atoms with Gasteiger partial charge in [-0.2, -0.15) is 0 Å². The van der Waals surface area contributed by atoms with Crippen LogP contribution >= 0.6 is 0 Å². The average molecular weight is 310 g/mol. The lowest BCUT2D eigenvalue weighted by Gasteiger charge is -2.28. The molecule has 0 bridgehead atoms. The smallest absolute Gasteiger partial charge is 0.299 e. The van der Waals surface area contributed by atoms with Gasteiger partial charge in [-0.1, -0.05) is 0 Å². The Morgan fingerprint density at radius 3 is 2.27 bits per heavy atom. The summed E-state index contributed by atoms with van der Waals surface area (Å²) in [6, 6.07) is 2.43. The van der Waals surface area contributed by atoms with Crippen LogP contribution in [0.15, 0.2) is 12.1 Å². The number of aliphatic hydroxyl groups is 1. The molecule has 0 atom stereocenters. The highest BCUT2D eigenvalue weighted by Crippen LogP contribution is 2.38. The number of nitro benzene ring substituents is 2. The Balaban J connectivity index is 2.48. The number of hydrogen-bond acceptors (Lipinski definition) is 7. The van der Waals surface area contributed by atoms with Crippen molar-refractivity contribution in [2.24, 2.45) is 0 Å². The van der Waals surface area contributed by atoms with E-state index in [-0.39, 0.29) is 30.2 Å². The number of hydrogen-bond donors (Lipinski definition) is 2. The van der Waals surface area contributed by atoms with Gasteiger partial charge < -0.3 is 15.3 Å². The van der Waals surface area contributed by atoms with Gasteiger partial charge in [0.2, 0.25) is 0 Å². The van der Waals surface area contributed by atoms with Gasteiger partial charge in [-0.05, 0) is 25.3 Å². The minimum Gasteiger partial charge on any atom is -0.395 e. The number of rotatable bonds is 6. The molecule has 1 fully saturated rings. The summed E-state index contributed by atoms with van der Waals surface area (Å²) in [7, 11) is 0. The number of nitrogens with one attached hydrogen (secondary N) is 1. The van der Waals surface area contributed by atoms with Crippen LogP contribution in [-0.4, -0.2) is 41.2 Å². The van der Waals surface area contributed by atoms with Gasteiger partial charge in [0.15, 0.2) is 0 Å². The summed E-state index contributed by atoms with van der Waals surface area (Å²) in [5.74, 6) is 0. The largest absolute Gasteiger partial charge is 0.395 e. The van der Waals surface area contributed by atoms with Crippen molar-refractivity contribution in [1.29, 1.82) is 0 Å². The highest BCUT2D eigenvalue weighted by Gasteiger charge is 2.28. The molecule has 9 nitrogen and oxygen atoms in total. The standard InChI is InChI=1S/C13H18N4O5/c18-7-4-14-10-8-12(15-5-2-1-3-6-15)13(17(21)22)9-11(10)16(19)20/h8-9,14,18H,1-7H2. The molecule has 120 valence electrons. The highest BCUT2D eigenvalue weighted by atomic mass is 16.6. The Hall–Kier alpha value is -2.42. The normalized spacial score (nSPS) is 14.7. The van der Waals surface area contributed by atoms with Gasteiger partial charge in [0.25, 0.3) is 11.4 Å². The Kier molecular flexibility index (Phi) is 5.10. The fraction of sp³-hybridized carbons (Fsp3) is 0.538. The number of nitrogens with zero attached hydrogens (tertiary/aromatic N) is 3. The second-order valence-corrected chi connectivity index (χ2v) is 5.07. The van der Waals surface area contributed by atoms with Gasteiger partial charge >= 0.3 is 0 Å². The molecular formula is C13H18N4O5. The summed E-state index contributed by atoms with van der Waals surface area (Å²) < 4.78 is 0. The lowest BCUT2D eigenvalue weighted by Crippen LogP contribution is -2.30. The van der Waals surface area contributed by atoms with Gasteiger partial charge in [0, 0.05) is 19.6 Å². The number of nitro groups is 2. The maximum absolute atomic E-state index is 11.3. The number of aliphatic hydroxyl groups excluding tert-OH is 1. The molecule has 0 unspecified atom stereocenters. The van der Waals surface area contributed by atoms with Crippen molar-refractivity contribution in [2.45, 2.75) is 19.3 Å². The third-order valence-electron chi connectivity index (χ3n) is 3.61. The first-order valence-corrected chi connectivity index (χ1v) is 7.11. The number of anilines is 2. The Morgan fingerprint density at radius 1 is 1.09 bits per heavy atom. The van der Waals surface area contributed by atoms with Crippen LogP contribution in [-0.2, 0) is 0 Å². The van der Waals surface area contributed by atoms with E-state index in [2.05, 4.69) is 5.32 Å². The maximum atomic E-state index is 11.3. The third-order valence-corrected chi connectivity index (χ3v) is 3.61. The van der Waals surface area contributed by atoms with E-state index in [1.165, 1.54) is 6.07 Å². The van der Waals surface area contributed by atoms with Gasteiger partial charge in [-0.3, -0.25) is 20.2 Å². The molecule has 0 aliphatic carbocycles. The lowest BCUT2D eigenvalue weighted by atomic mass is 10.1. The molecular weight excluding hydrogens is 292 g/mol. The Bertz CT molecular complexity index is 572. The van der Waals surface area contributed by atoms with Crippen LogP contribution in [0.4, 0.5) is 22.7 Å². The third kappa shape index (κ3) is 3.42. The topological polar surface area (TPSA) is 122 Å². The number of benzene rings is 1. The van der Waals surface area contributed by atoms with E-state index in [1.54, 1.807) is 0 Å². The van der Waals surface area contributed by atoms with Crippen LogP contribution in [0.2, 0.25) is 0 Å². The predicted molar refractivity (Wildman–Crippen MR) is 81.4 cm³/mol. The molecule has 22 heavy (non-hydrogen) atoms. The number of piperidine rings is 1. The van der Waals surface area contributed by atoms with E-state index in [1.807, 2.05) is 4.90 Å². The minimum atomic E-state index is -0.660. The maximum Gasteiger partial charge on any atom is 0.299 e. The molecule has 1 aliphatic heterocycles. The summed E-state index contributed by atoms with van der Waals surface area (Å²) in [6.07, 6.45) is 2.95. The van der Waals surface area contributed by atoms with Crippen LogP contribution in [0, 0.1) is 20.2 Å². The Labute approximate surface area is 126 Å². The SMILES string of the molecule is O=[N+]([O-])c1cc([N+](=O)[O-])c(N2CCCCC2)cc1NCCO. The summed E-state index contributed by atoms with van der Waals surface area (Å²) in [5, 5.41) is 34.0. The molecule has 0 radical (unpaired) electrons. The van der Waals surface area contributed by atoms with Crippen molar-refractivity contribution >= 4 is 22.7 Å². The molecule has 1 aliphatic rings. The van der Waals surface area contributed by atoms with E-state index in [4.69, 9.17) is 5.11 Å². The van der Waals surface area contributed by atoms with Crippen LogP contribution in [0.25, 0.3) is 0 Å². The van der Waals surface area contributed by atoms with Crippen molar-refractivity contribution in [3.63, 3.8) is 0 Å². The molecule has 9 heteroatoms. The second-order valence-electron chi connectivity index (χ2n) is 5.07. The molecule has 1 heterocycles. The zero-order valence-electron chi connectivity index (χ0n) is 12.0. The van der Waals surface area contributed by atoms with Gasteiger partial charge in [-0.15, -0.1) is 0 Å². The van der Waals surface area contributed by atoms with Crippen LogP contribution in [0.3, 0.4) is 0 Å². The highest BCUT2D eigenvalue weighted by molar-refractivity contribution is 5.77. The van der Waals surface area contributed by atoms with E-state index in [0.717, 1.165) is 25.3 Å². The fourth-order valence-corrected chi connectivity index (χ4v) is 2.58. The Morgan fingerprint density at radius 2 is 1.73 bits per heavy atom. The molecule has 0 amide bonds. The van der Waals surface area contributed by atoms with Crippen LogP contribution in [0.1, 0.15) is 19.3 Å². The van der Waals surface area contributed by atoms with Gasteiger partial charge in [0.05, 0.1) is 22.5 Å². The van der Waals surface area contributed by atoms with Crippen molar-refractivity contribution < 1.29 is 15.0 Å². The first-order valence-electron chi connectivity index (χ1n) is 7.11. The molecule has 1 aromatic rings. The van der Waals surface area contributed by atoms with E-state index in [9.17, 15) is 20.2 Å². The van der Waals surface area contributed by atoms with Crippen molar-refractivity contribution in [2.75, 3.05) is 36.5 Å². The lowest BCUT2D eigenvalue weighted by molar-refractivity contribution is -0.393. The molecule has 2 rings (SSSR count). The van der Waals surface area contributed by atoms with E-state index < -0.39 is 9.85 Å². The van der Waals surface area contributed by atoms with Crippen molar-refractivity contribution in [1.82, 2.24) is 0 Å². The monoisotopic (exact) mass is 310 g/mol. The zero-order valence-corrected chi connectivity index (χ0v) is 12.0. The van der Waals surface area contributed by atoms with Gasteiger partial charge in [0.1, 0.15) is 11.4 Å².